The summed E-state index contributed by atoms with van der Waals surface area (Å²) in [6.45, 7) is 0. The molecule has 4 rings (SSSR count). The molecule has 27 heavy (non-hydrogen) atoms. The van der Waals surface area contributed by atoms with Gasteiger partial charge in [0, 0.05) is 18.0 Å². The zero-order valence-electron chi connectivity index (χ0n) is 14.9. The summed E-state index contributed by atoms with van der Waals surface area (Å²) in [6.07, 6.45) is 0. The second kappa shape index (κ2) is 7.02. The van der Waals surface area contributed by atoms with Crippen LogP contribution < -0.4 is 0 Å². The van der Waals surface area contributed by atoms with Crippen LogP contribution in [0.15, 0.2) is 96.0 Å². The van der Waals surface area contributed by atoms with Crippen LogP contribution in [0.4, 0.5) is 0 Å². The number of H-pyrrole nitrogens is 1. The molecule has 1 aromatic heterocycles. The van der Waals surface area contributed by atoms with Gasteiger partial charge in [-0.2, -0.15) is 4.31 Å². The van der Waals surface area contributed by atoms with Crippen molar-refractivity contribution in [3.8, 4) is 0 Å². The summed E-state index contributed by atoms with van der Waals surface area (Å²) in [6, 6.07) is 28.2. The number of rotatable bonds is 5. The number of aromatic amines is 1. The van der Waals surface area contributed by atoms with Gasteiger partial charge < -0.3 is 4.98 Å². The molecule has 1 N–H and O–H groups in total. The van der Waals surface area contributed by atoms with Crippen LogP contribution in [0.2, 0.25) is 0 Å². The lowest BCUT2D eigenvalue weighted by Crippen LogP contribution is -2.32. The first-order chi connectivity index (χ1) is 13.1. The Morgan fingerprint density at radius 2 is 1.30 bits per heavy atom. The second-order valence-corrected chi connectivity index (χ2v) is 8.43. The number of hydrogen-bond donors (Lipinski definition) is 1. The predicted molar refractivity (Wildman–Crippen MR) is 108 cm³/mol. The summed E-state index contributed by atoms with van der Waals surface area (Å²) in [5.41, 5.74) is 2.65. The summed E-state index contributed by atoms with van der Waals surface area (Å²) in [4.78, 5) is 3.04. The molecule has 3 aromatic carbocycles. The molecule has 0 saturated heterocycles. The standard InChI is InChI=1S/C22H20N2O2S/c1-24(27(25,26)21-16-19-14-8-9-15-20(19)23-21)22(17-10-4-2-5-11-17)18-12-6-3-7-13-18/h2-16,22-23H,1H3. The van der Waals surface area contributed by atoms with E-state index in [0.29, 0.717) is 0 Å². The van der Waals surface area contributed by atoms with Gasteiger partial charge in [0.2, 0.25) is 0 Å². The lowest BCUT2D eigenvalue weighted by Gasteiger charge is -2.28. The fourth-order valence-electron chi connectivity index (χ4n) is 3.36. The van der Waals surface area contributed by atoms with E-state index in [1.807, 2.05) is 84.9 Å². The molecular weight excluding hydrogens is 356 g/mol. The number of fused-ring (bicyclic) bond motifs is 1. The van der Waals surface area contributed by atoms with Crippen molar-refractivity contribution >= 4 is 20.9 Å². The van der Waals surface area contributed by atoms with Gasteiger partial charge in [0.15, 0.2) is 0 Å². The monoisotopic (exact) mass is 376 g/mol. The maximum atomic E-state index is 13.4. The van der Waals surface area contributed by atoms with Gasteiger partial charge in [-0.3, -0.25) is 0 Å². The predicted octanol–water partition coefficient (Wildman–Crippen LogP) is 4.58. The summed E-state index contributed by atoms with van der Waals surface area (Å²) >= 11 is 0. The normalized spacial score (nSPS) is 12.1. The molecule has 136 valence electrons. The first-order valence-electron chi connectivity index (χ1n) is 8.73. The Morgan fingerprint density at radius 3 is 1.85 bits per heavy atom. The molecule has 0 fully saturated rings. The fourth-order valence-corrected chi connectivity index (χ4v) is 4.71. The van der Waals surface area contributed by atoms with Crippen LogP contribution in [-0.2, 0) is 10.0 Å². The molecule has 0 unspecified atom stereocenters. The molecule has 0 saturated carbocycles. The molecule has 0 spiro atoms. The van der Waals surface area contributed by atoms with Crippen molar-refractivity contribution in [3.05, 3.63) is 102 Å². The van der Waals surface area contributed by atoms with Crippen LogP contribution in [0, 0.1) is 0 Å². The molecule has 5 heteroatoms. The van der Waals surface area contributed by atoms with Crippen LogP contribution in [-0.4, -0.2) is 24.8 Å². The molecule has 0 amide bonds. The van der Waals surface area contributed by atoms with E-state index in [1.54, 1.807) is 13.1 Å². The van der Waals surface area contributed by atoms with E-state index in [9.17, 15) is 8.42 Å². The van der Waals surface area contributed by atoms with Gasteiger partial charge in [-0.1, -0.05) is 78.9 Å². The van der Waals surface area contributed by atoms with E-state index < -0.39 is 16.1 Å². The summed E-state index contributed by atoms with van der Waals surface area (Å²) in [5.74, 6) is 0. The Bertz CT molecular complexity index is 1080. The van der Waals surface area contributed by atoms with Gasteiger partial charge in [0.1, 0.15) is 5.03 Å². The van der Waals surface area contributed by atoms with Crippen molar-refractivity contribution in [1.29, 1.82) is 0 Å². The average molecular weight is 376 g/mol. The number of hydrogen-bond acceptors (Lipinski definition) is 2. The summed E-state index contributed by atoms with van der Waals surface area (Å²) in [7, 11) is -2.09. The third-order valence-corrected chi connectivity index (χ3v) is 6.50. The molecular formula is C22H20N2O2S. The minimum Gasteiger partial charge on any atom is -0.345 e. The van der Waals surface area contributed by atoms with Crippen LogP contribution in [0.5, 0.6) is 0 Å². The Kier molecular flexibility index (Phi) is 4.56. The average Bonchev–Trinajstić information content (AvgIpc) is 3.15. The van der Waals surface area contributed by atoms with E-state index in [4.69, 9.17) is 0 Å². The number of benzene rings is 3. The van der Waals surface area contributed by atoms with Crippen LogP contribution in [0.1, 0.15) is 17.2 Å². The highest BCUT2D eigenvalue weighted by Crippen LogP contribution is 2.32. The Balaban J connectivity index is 1.82. The number of nitrogens with one attached hydrogen (secondary N) is 1. The minimum atomic E-state index is -3.72. The van der Waals surface area contributed by atoms with Crippen molar-refractivity contribution in [2.24, 2.45) is 0 Å². The lowest BCUT2D eigenvalue weighted by molar-refractivity contribution is 0.416. The number of para-hydroxylation sites is 1. The van der Waals surface area contributed by atoms with Crippen molar-refractivity contribution in [2.45, 2.75) is 11.1 Å². The lowest BCUT2D eigenvalue weighted by atomic mass is 9.99. The Morgan fingerprint density at radius 1 is 0.778 bits per heavy atom. The first-order valence-corrected chi connectivity index (χ1v) is 10.2. The van der Waals surface area contributed by atoms with E-state index >= 15 is 0 Å². The SMILES string of the molecule is CN(C(c1ccccc1)c1ccccc1)S(=O)(=O)c1cc2ccccc2[nH]1. The zero-order valence-corrected chi connectivity index (χ0v) is 15.7. The topological polar surface area (TPSA) is 53.2 Å². The largest absolute Gasteiger partial charge is 0.345 e. The van der Waals surface area contributed by atoms with Crippen LogP contribution >= 0.6 is 0 Å². The number of sulfonamides is 1. The summed E-state index contributed by atoms with van der Waals surface area (Å²) < 4.78 is 28.2. The first kappa shape index (κ1) is 17.5. The van der Waals surface area contributed by atoms with Gasteiger partial charge >= 0.3 is 0 Å². The van der Waals surface area contributed by atoms with E-state index in [-0.39, 0.29) is 5.03 Å². The smallest absolute Gasteiger partial charge is 0.259 e. The molecule has 4 nitrogen and oxygen atoms in total. The quantitative estimate of drug-likeness (QED) is 0.554. The minimum absolute atomic E-state index is 0.197. The highest BCUT2D eigenvalue weighted by molar-refractivity contribution is 7.89. The van der Waals surface area contributed by atoms with E-state index in [1.165, 1.54) is 4.31 Å². The molecule has 0 aliphatic carbocycles. The third-order valence-electron chi connectivity index (χ3n) is 4.76. The maximum Gasteiger partial charge on any atom is 0.259 e. The van der Waals surface area contributed by atoms with E-state index in [0.717, 1.165) is 22.0 Å². The van der Waals surface area contributed by atoms with Gasteiger partial charge in [-0.05, 0) is 23.3 Å². The molecule has 0 bridgehead atoms. The van der Waals surface area contributed by atoms with Crippen molar-refractivity contribution in [2.75, 3.05) is 7.05 Å². The summed E-state index contributed by atoms with van der Waals surface area (Å²) in [5, 5.41) is 1.07. The molecule has 0 radical (unpaired) electrons. The van der Waals surface area contributed by atoms with Crippen LogP contribution in [0.25, 0.3) is 10.9 Å². The number of nitrogens with zero attached hydrogens (tertiary/aromatic N) is 1. The van der Waals surface area contributed by atoms with Gasteiger partial charge in [-0.15, -0.1) is 0 Å². The molecule has 0 aliphatic rings. The van der Waals surface area contributed by atoms with Gasteiger partial charge in [0.05, 0.1) is 6.04 Å². The van der Waals surface area contributed by atoms with Crippen LogP contribution in [0.3, 0.4) is 0 Å². The van der Waals surface area contributed by atoms with Gasteiger partial charge in [0.25, 0.3) is 10.0 Å². The molecule has 0 atom stereocenters. The number of aromatic nitrogens is 1. The highest BCUT2D eigenvalue weighted by Gasteiger charge is 2.31. The Hall–Kier alpha value is -2.89. The third kappa shape index (κ3) is 3.27. The molecule has 1 heterocycles. The van der Waals surface area contributed by atoms with Crippen molar-refractivity contribution < 1.29 is 8.42 Å². The zero-order chi connectivity index (χ0) is 18.9. The van der Waals surface area contributed by atoms with E-state index in [2.05, 4.69) is 4.98 Å². The van der Waals surface area contributed by atoms with Crippen molar-refractivity contribution in [1.82, 2.24) is 9.29 Å². The highest BCUT2D eigenvalue weighted by atomic mass is 32.2. The second-order valence-electron chi connectivity index (χ2n) is 6.47. The molecule has 0 aliphatic heterocycles. The van der Waals surface area contributed by atoms with Gasteiger partial charge in [-0.25, -0.2) is 8.42 Å². The fraction of sp³-hybridized carbons (Fsp3) is 0.0909. The maximum absolute atomic E-state index is 13.4. The van der Waals surface area contributed by atoms with Crippen molar-refractivity contribution in [3.63, 3.8) is 0 Å². The Labute approximate surface area is 159 Å². The molecule has 4 aromatic rings.